The molecule has 2 aliphatic rings. The number of nitrogens with two attached hydrogens (primary N) is 1. The number of aliphatic hydroxyl groups is 3. The van der Waals surface area contributed by atoms with E-state index in [1.54, 1.807) is 7.05 Å². The molecule has 0 radical (unpaired) electrons. The molecule has 11 nitrogen and oxygen atoms in total. The summed E-state index contributed by atoms with van der Waals surface area (Å²) in [6, 6.07) is 0.523. The van der Waals surface area contributed by atoms with Crippen LogP contribution in [0.1, 0.15) is 55.3 Å². The van der Waals surface area contributed by atoms with Crippen LogP contribution in [-0.4, -0.2) is 69.5 Å². The SMILES string of the molecule is CCCC(NC)c1cc(O)c(C)c(CC2C[C@@]3(NC)CC(=O)C(C(N)=O)=C(O)[C@@]3(O)C(=O)C2=CO)c1OC(F)(F)F. The van der Waals surface area contributed by atoms with Crippen molar-refractivity contribution in [2.75, 3.05) is 14.1 Å². The first-order chi connectivity index (χ1) is 19.0. The highest BCUT2D eigenvalue weighted by molar-refractivity contribution is 6.23. The van der Waals surface area contributed by atoms with Crippen molar-refractivity contribution in [3.05, 3.63) is 45.9 Å². The number of Topliss-reactive ketones (excluding diaryl/α,β-unsaturated/α-hetero) is 2. The number of primary amides is 1. The number of alkyl halides is 3. The van der Waals surface area contributed by atoms with Gasteiger partial charge in [-0.15, -0.1) is 13.2 Å². The van der Waals surface area contributed by atoms with Crippen molar-refractivity contribution in [1.82, 2.24) is 10.6 Å². The number of amides is 1. The number of carbonyl (C=O) groups is 3. The van der Waals surface area contributed by atoms with Crippen molar-refractivity contribution in [1.29, 1.82) is 0 Å². The third kappa shape index (κ3) is 5.26. The molecule has 4 atom stereocenters. The molecule has 1 aromatic carbocycles. The zero-order valence-electron chi connectivity index (χ0n) is 23.0. The Kier molecular flexibility index (Phi) is 8.82. The van der Waals surface area contributed by atoms with Crippen molar-refractivity contribution in [3.63, 3.8) is 0 Å². The summed E-state index contributed by atoms with van der Waals surface area (Å²) in [5, 5.41) is 48.8. The van der Waals surface area contributed by atoms with E-state index in [2.05, 4.69) is 15.4 Å². The van der Waals surface area contributed by atoms with Gasteiger partial charge in [0.05, 0.1) is 11.8 Å². The Hall–Kier alpha value is -3.62. The van der Waals surface area contributed by atoms with Crippen LogP contribution in [0.15, 0.2) is 29.2 Å². The Morgan fingerprint density at radius 1 is 1.29 bits per heavy atom. The van der Waals surface area contributed by atoms with Crippen LogP contribution in [0.4, 0.5) is 13.2 Å². The number of ether oxygens (including phenoxy) is 1. The first-order valence-corrected chi connectivity index (χ1v) is 12.9. The lowest BCUT2D eigenvalue weighted by molar-refractivity contribution is -0.275. The molecular formula is C27H34F3N3O8. The van der Waals surface area contributed by atoms with Crippen molar-refractivity contribution in [2.24, 2.45) is 11.7 Å². The van der Waals surface area contributed by atoms with E-state index in [1.807, 2.05) is 6.92 Å². The summed E-state index contributed by atoms with van der Waals surface area (Å²) < 4.78 is 45.5. The molecule has 2 unspecified atom stereocenters. The minimum absolute atomic E-state index is 0.0146. The van der Waals surface area contributed by atoms with Gasteiger partial charge in [-0.1, -0.05) is 13.3 Å². The molecule has 0 heterocycles. The number of halogens is 3. The molecule has 0 saturated heterocycles. The molecule has 0 spiro atoms. The molecule has 0 aliphatic heterocycles. The third-order valence-corrected chi connectivity index (χ3v) is 8.14. The summed E-state index contributed by atoms with van der Waals surface area (Å²) in [5.74, 6) is -7.00. The highest BCUT2D eigenvalue weighted by atomic mass is 19.4. The van der Waals surface area contributed by atoms with E-state index < -0.39 is 82.4 Å². The molecule has 1 amide bonds. The number of nitrogens with one attached hydrogen (secondary N) is 2. The first-order valence-electron chi connectivity index (χ1n) is 12.9. The molecule has 1 fully saturated rings. The van der Waals surface area contributed by atoms with Gasteiger partial charge in [0.2, 0.25) is 11.4 Å². The van der Waals surface area contributed by atoms with Gasteiger partial charge in [0.15, 0.2) is 11.5 Å². The largest absolute Gasteiger partial charge is 0.573 e. The number of fused-ring (bicyclic) bond motifs is 1. The van der Waals surface area contributed by atoms with Gasteiger partial charge in [-0.2, -0.15) is 0 Å². The maximum absolute atomic E-state index is 13.7. The van der Waals surface area contributed by atoms with Crippen LogP contribution >= 0.6 is 0 Å². The minimum Gasteiger partial charge on any atom is -0.515 e. The van der Waals surface area contributed by atoms with Gasteiger partial charge < -0.3 is 41.5 Å². The summed E-state index contributed by atoms with van der Waals surface area (Å²) in [5.41, 5.74) is -1.19. The predicted molar refractivity (Wildman–Crippen MR) is 139 cm³/mol. The highest BCUT2D eigenvalue weighted by Crippen LogP contribution is 2.51. The molecule has 0 aromatic heterocycles. The van der Waals surface area contributed by atoms with E-state index in [0.29, 0.717) is 19.1 Å². The van der Waals surface area contributed by atoms with Gasteiger partial charge in [0.25, 0.3) is 5.91 Å². The van der Waals surface area contributed by atoms with Crippen molar-refractivity contribution < 1.29 is 52.7 Å². The number of likely N-dealkylation sites (N-methyl/N-ethyl adjacent to an activating group) is 1. The minimum atomic E-state index is -5.13. The number of ketones is 2. The number of hydrogen-bond donors (Lipinski definition) is 7. The molecule has 226 valence electrons. The number of hydrogen-bond acceptors (Lipinski definition) is 10. The normalized spacial score (nSPS) is 26.7. The summed E-state index contributed by atoms with van der Waals surface area (Å²) in [4.78, 5) is 38.4. The summed E-state index contributed by atoms with van der Waals surface area (Å²) in [7, 11) is 2.83. The second-order valence-electron chi connectivity index (χ2n) is 10.3. The Morgan fingerprint density at radius 3 is 2.41 bits per heavy atom. The van der Waals surface area contributed by atoms with Crippen LogP contribution < -0.4 is 21.1 Å². The van der Waals surface area contributed by atoms with E-state index >= 15 is 0 Å². The van der Waals surface area contributed by atoms with Crippen LogP contribution in [0.5, 0.6) is 11.5 Å². The number of benzene rings is 1. The lowest BCUT2D eigenvalue weighted by atomic mass is 9.56. The van der Waals surface area contributed by atoms with E-state index in [0.717, 1.165) is 0 Å². The molecule has 0 bridgehead atoms. The Morgan fingerprint density at radius 2 is 1.93 bits per heavy atom. The fourth-order valence-electron chi connectivity index (χ4n) is 6.02. The molecule has 1 saturated carbocycles. The van der Waals surface area contributed by atoms with E-state index in [4.69, 9.17) is 5.73 Å². The Labute approximate surface area is 233 Å². The van der Waals surface area contributed by atoms with Crippen molar-refractivity contribution in [2.45, 2.75) is 69.5 Å². The monoisotopic (exact) mass is 585 g/mol. The number of rotatable bonds is 9. The number of aliphatic hydroxyl groups excluding tert-OH is 2. The first kappa shape index (κ1) is 31.9. The molecule has 2 aliphatic carbocycles. The average Bonchev–Trinajstić information content (AvgIpc) is 2.88. The van der Waals surface area contributed by atoms with Crippen molar-refractivity contribution in [3.8, 4) is 11.5 Å². The van der Waals surface area contributed by atoms with E-state index in [1.165, 1.54) is 20.0 Å². The highest BCUT2D eigenvalue weighted by Gasteiger charge is 2.67. The van der Waals surface area contributed by atoms with Crippen LogP contribution in [-0.2, 0) is 20.8 Å². The zero-order valence-corrected chi connectivity index (χ0v) is 23.0. The molecule has 41 heavy (non-hydrogen) atoms. The van der Waals surface area contributed by atoms with Crippen LogP contribution in [0.2, 0.25) is 0 Å². The van der Waals surface area contributed by atoms with Gasteiger partial charge in [-0.3, -0.25) is 14.4 Å². The average molecular weight is 586 g/mol. The van der Waals surface area contributed by atoms with Gasteiger partial charge in [-0.25, -0.2) is 0 Å². The second-order valence-corrected chi connectivity index (χ2v) is 10.3. The van der Waals surface area contributed by atoms with Crippen LogP contribution in [0.3, 0.4) is 0 Å². The number of carbonyl (C=O) groups excluding carboxylic acids is 3. The van der Waals surface area contributed by atoms with Gasteiger partial charge in [0, 0.05) is 29.2 Å². The summed E-state index contributed by atoms with van der Waals surface area (Å²) in [6.45, 7) is 3.19. The van der Waals surface area contributed by atoms with E-state index in [-0.39, 0.29) is 28.9 Å². The summed E-state index contributed by atoms with van der Waals surface area (Å²) >= 11 is 0. The second kappa shape index (κ2) is 11.3. The lowest BCUT2D eigenvalue weighted by Gasteiger charge is -2.53. The zero-order chi connectivity index (χ0) is 31.1. The topological polar surface area (TPSA) is 191 Å². The fraction of sp³-hybridized carbons (Fsp3) is 0.519. The Balaban J connectivity index is 2.26. The smallest absolute Gasteiger partial charge is 0.515 e. The third-order valence-electron chi connectivity index (χ3n) is 8.14. The van der Waals surface area contributed by atoms with Crippen molar-refractivity contribution >= 4 is 17.5 Å². The molecule has 8 N–H and O–H groups in total. The van der Waals surface area contributed by atoms with Gasteiger partial charge in [0.1, 0.15) is 17.1 Å². The Bertz CT molecular complexity index is 1330. The number of aromatic hydroxyl groups is 1. The van der Waals surface area contributed by atoms with E-state index in [9.17, 15) is 48.0 Å². The summed E-state index contributed by atoms with van der Waals surface area (Å²) in [6.07, 6.45) is -5.27. The molecule has 3 rings (SSSR count). The molecule has 1 aromatic rings. The van der Waals surface area contributed by atoms with Gasteiger partial charge >= 0.3 is 6.36 Å². The number of phenols is 1. The number of phenolic OH excluding ortho intramolecular Hbond substituents is 1. The maximum Gasteiger partial charge on any atom is 0.573 e. The predicted octanol–water partition coefficient (Wildman–Crippen LogP) is 2.19. The van der Waals surface area contributed by atoms with Crippen LogP contribution in [0, 0.1) is 12.8 Å². The molecular weight excluding hydrogens is 551 g/mol. The lowest BCUT2D eigenvalue weighted by Crippen LogP contribution is -2.73. The quantitative estimate of drug-likeness (QED) is 0.128. The molecule has 14 heteroatoms. The van der Waals surface area contributed by atoms with Gasteiger partial charge in [-0.05, 0) is 57.8 Å². The fourth-order valence-corrected chi connectivity index (χ4v) is 6.02. The standard InChI is InChI=1S/C27H34F3N3O8/c1-5-6-17(32-3)15-8-18(35)12(2)14(21(15)41-27(28,29)30)7-13-9-25(33-4)10-19(36)20(24(31)39)23(38)26(25,40)22(37)16(13)11-34/h8,11,13,17,32-35,38,40H,5-7,9-10H2,1-4H3,(H2,31,39)/t13?,17?,25-,26+/m1/s1. The maximum atomic E-state index is 13.7. The van der Waals surface area contributed by atoms with Crippen LogP contribution in [0.25, 0.3) is 0 Å².